The Hall–Kier alpha value is -2.49. The molecule has 0 saturated heterocycles. The number of ether oxygens (including phenoxy) is 1. The first-order valence-corrected chi connectivity index (χ1v) is 6.82. The highest BCUT2D eigenvalue weighted by atomic mass is 16.5. The van der Waals surface area contributed by atoms with E-state index in [0.29, 0.717) is 11.3 Å². The zero-order valence-electron chi connectivity index (χ0n) is 12.5. The van der Waals surface area contributed by atoms with Gasteiger partial charge >= 0.3 is 0 Å². The van der Waals surface area contributed by atoms with Gasteiger partial charge in [-0.1, -0.05) is 12.1 Å². The third-order valence-electron chi connectivity index (χ3n) is 3.50. The van der Waals surface area contributed by atoms with E-state index in [0.717, 1.165) is 16.9 Å². The molecule has 1 amide bonds. The fourth-order valence-corrected chi connectivity index (χ4v) is 2.07. The first-order chi connectivity index (χ1) is 10.0. The summed E-state index contributed by atoms with van der Waals surface area (Å²) in [7, 11) is 1.63. The second kappa shape index (κ2) is 6.31. The van der Waals surface area contributed by atoms with Crippen molar-refractivity contribution in [2.24, 2.45) is 0 Å². The first-order valence-electron chi connectivity index (χ1n) is 6.82. The van der Waals surface area contributed by atoms with Crippen molar-refractivity contribution in [3.05, 3.63) is 59.2 Å². The van der Waals surface area contributed by atoms with Gasteiger partial charge in [-0.15, -0.1) is 0 Å². The third kappa shape index (κ3) is 3.54. The molecule has 0 fully saturated rings. The lowest BCUT2D eigenvalue weighted by molar-refractivity contribution is 0.0940. The van der Waals surface area contributed by atoms with Crippen molar-refractivity contribution < 1.29 is 9.53 Å². The fraction of sp³-hybridized carbons (Fsp3) is 0.235. The topological polar surface area (TPSA) is 64.3 Å². The van der Waals surface area contributed by atoms with E-state index in [2.05, 4.69) is 5.32 Å². The summed E-state index contributed by atoms with van der Waals surface area (Å²) in [6, 6.07) is 12.8. The lowest BCUT2D eigenvalue weighted by Gasteiger charge is -2.15. The van der Waals surface area contributed by atoms with Gasteiger partial charge < -0.3 is 15.8 Å². The predicted octanol–water partition coefficient (Wildman–Crippen LogP) is 3.08. The second-order valence-electron chi connectivity index (χ2n) is 5.04. The number of hydrogen-bond donors (Lipinski definition) is 2. The molecular weight excluding hydrogens is 264 g/mol. The second-order valence-corrected chi connectivity index (χ2v) is 5.04. The molecule has 3 N–H and O–H groups in total. The van der Waals surface area contributed by atoms with Crippen LogP contribution in [-0.2, 0) is 0 Å². The van der Waals surface area contributed by atoms with Gasteiger partial charge in [-0.2, -0.15) is 0 Å². The summed E-state index contributed by atoms with van der Waals surface area (Å²) in [4.78, 5) is 12.2. The van der Waals surface area contributed by atoms with Gasteiger partial charge in [0.15, 0.2) is 0 Å². The lowest BCUT2D eigenvalue weighted by Crippen LogP contribution is -2.26. The van der Waals surface area contributed by atoms with E-state index in [-0.39, 0.29) is 11.9 Å². The number of nitrogen functional groups attached to an aromatic ring is 1. The Kier molecular flexibility index (Phi) is 4.48. The molecule has 4 nitrogen and oxygen atoms in total. The Bertz CT molecular complexity index is 636. The number of nitrogens with two attached hydrogens (primary N) is 1. The highest BCUT2D eigenvalue weighted by molar-refractivity contribution is 5.95. The van der Waals surface area contributed by atoms with Gasteiger partial charge in [0, 0.05) is 11.3 Å². The summed E-state index contributed by atoms with van der Waals surface area (Å²) in [5.41, 5.74) is 8.99. The predicted molar refractivity (Wildman–Crippen MR) is 84.5 cm³/mol. The quantitative estimate of drug-likeness (QED) is 0.848. The van der Waals surface area contributed by atoms with Crippen molar-refractivity contribution in [2.45, 2.75) is 19.9 Å². The van der Waals surface area contributed by atoms with Crippen LogP contribution >= 0.6 is 0 Å². The summed E-state index contributed by atoms with van der Waals surface area (Å²) in [6.45, 7) is 3.84. The number of benzene rings is 2. The van der Waals surface area contributed by atoms with E-state index in [1.165, 1.54) is 0 Å². The number of methoxy groups -OCH3 is 1. The molecular formula is C17H20N2O2. The molecule has 2 aromatic rings. The van der Waals surface area contributed by atoms with E-state index < -0.39 is 0 Å². The van der Waals surface area contributed by atoms with Gasteiger partial charge in [0.05, 0.1) is 13.2 Å². The Morgan fingerprint density at radius 3 is 2.43 bits per heavy atom. The van der Waals surface area contributed by atoms with Gasteiger partial charge in [-0.25, -0.2) is 0 Å². The Labute approximate surface area is 124 Å². The smallest absolute Gasteiger partial charge is 0.251 e. The van der Waals surface area contributed by atoms with Crippen molar-refractivity contribution in [2.75, 3.05) is 12.8 Å². The Morgan fingerprint density at radius 2 is 1.86 bits per heavy atom. The van der Waals surface area contributed by atoms with Crippen LogP contribution in [0.5, 0.6) is 5.75 Å². The number of amides is 1. The third-order valence-corrected chi connectivity index (χ3v) is 3.50. The van der Waals surface area contributed by atoms with Gasteiger partial charge in [-0.05, 0) is 55.3 Å². The Morgan fingerprint density at radius 1 is 1.19 bits per heavy atom. The molecule has 0 aliphatic heterocycles. The molecule has 0 spiro atoms. The van der Waals surface area contributed by atoms with Crippen molar-refractivity contribution in [3.8, 4) is 5.75 Å². The standard InChI is InChI=1S/C17H20N2O2/c1-11-10-14(6-9-16(11)18)17(20)19-12(2)13-4-7-15(21-3)8-5-13/h4-10,12H,18H2,1-3H3,(H,19,20)/t12-/m1/s1. The molecule has 0 heterocycles. The lowest BCUT2D eigenvalue weighted by atomic mass is 10.1. The summed E-state index contributed by atoms with van der Waals surface area (Å²) in [5.74, 6) is 0.688. The van der Waals surface area contributed by atoms with E-state index in [9.17, 15) is 4.79 Å². The van der Waals surface area contributed by atoms with E-state index >= 15 is 0 Å². The molecule has 0 aliphatic carbocycles. The fourth-order valence-electron chi connectivity index (χ4n) is 2.07. The monoisotopic (exact) mass is 284 g/mol. The first kappa shape index (κ1) is 14.9. The highest BCUT2D eigenvalue weighted by Crippen LogP contribution is 2.18. The van der Waals surface area contributed by atoms with E-state index in [1.807, 2.05) is 38.1 Å². The molecule has 0 saturated carbocycles. The molecule has 0 bridgehead atoms. The minimum atomic E-state index is -0.110. The summed E-state index contributed by atoms with van der Waals surface area (Å²) in [6.07, 6.45) is 0. The van der Waals surface area contributed by atoms with Gasteiger partial charge in [-0.3, -0.25) is 4.79 Å². The van der Waals surface area contributed by atoms with Gasteiger partial charge in [0.25, 0.3) is 5.91 Å². The SMILES string of the molecule is COc1ccc([C@@H](C)NC(=O)c2ccc(N)c(C)c2)cc1. The molecule has 0 aliphatic rings. The van der Waals surface area contributed by atoms with Crippen LogP contribution in [0.3, 0.4) is 0 Å². The van der Waals surface area contributed by atoms with Crippen molar-refractivity contribution >= 4 is 11.6 Å². The van der Waals surface area contributed by atoms with Crippen molar-refractivity contribution in [1.82, 2.24) is 5.32 Å². The average molecular weight is 284 g/mol. The van der Waals surface area contributed by atoms with Gasteiger partial charge in [0.2, 0.25) is 0 Å². The Balaban J connectivity index is 2.08. The maximum absolute atomic E-state index is 12.2. The number of aryl methyl sites for hydroxylation is 1. The molecule has 0 radical (unpaired) electrons. The van der Waals surface area contributed by atoms with Crippen LogP contribution in [0.1, 0.15) is 34.5 Å². The maximum Gasteiger partial charge on any atom is 0.251 e. The average Bonchev–Trinajstić information content (AvgIpc) is 2.50. The number of nitrogens with one attached hydrogen (secondary N) is 1. The number of hydrogen-bond acceptors (Lipinski definition) is 3. The van der Waals surface area contributed by atoms with Crippen LogP contribution in [0.4, 0.5) is 5.69 Å². The molecule has 0 unspecified atom stereocenters. The molecule has 4 heteroatoms. The minimum Gasteiger partial charge on any atom is -0.497 e. The molecule has 1 atom stereocenters. The van der Waals surface area contributed by atoms with Crippen LogP contribution in [-0.4, -0.2) is 13.0 Å². The number of anilines is 1. The van der Waals surface area contributed by atoms with Crippen molar-refractivity contribution in [1.29, 1.82) is 0 Å². The van der Waals surface area contributed by atoms with Crippen LogP contribution < -0.4 is 15.8 Å². The molecule has 110 valence electrons. The van der Waals surface area contributed by atoms with Crippen LogP contribution in [0.15, 0.2) is 42.5 Å². The summed E-state index contributed by atoms with van der Waals surface area (Å²) >= 11 is 0. The normalized spacial score (nSPS) is 11.8. The highest BCUT2D eigenvalue weighted by Gasteiger charge is 2.12. The molecule has 2 aromatic carbocycles. The van der Waals surface area contributed by atoms with Crippen molar-refractivity contribution in [3.63, 3.8) is 0 Å². The zero-order valence-corrected chi connectivity index (χ0v) is 12.5. The van der Waals surface area contributed by atoms with Gasteiger partial charge in [0.1, 0.15) is 5.75 Å². The largest absolute Gasteiger partial charge is 0.497 e. The molecule has 21 heavy (non-hydrogen) atoms. The molecule has 0 aromatic heterocycles. The number of rotatable bonds is 4. The summed E-state index contributed by atoms with van der Waals surface area (Å²) < 4.78 is 5.12. The minimum absolute atomic E-state index is 0.0822. The zero-order chi connectivity index (χ0) is 15.4. The van der Waals surface area contributed by atoms with Crippen LogP contribution in [0.2, 0.25) is 0 Å². The van der Waals surface area contributed by atoms with Crippen LogP contribution in [0, 0.1) is 6.92 Å². The van der Waals surface area contributed by atoms with Crippen LogP contribution in [0.25, 0.3) is 0 Å². The summed E-state index contributed by atoms with van der Waals surface area (Å²) in [5, 5.41) is 2.98. The molecule has 2 rings (SSSR count). The number of carbonyl (C=O) groups is 1. The van der Waals surface area contributed by atoms with E-state index in [4.69, 9.17) is 10.5 Å². The number of carbonyl (C=O) groups excluding carboxylic acids is 1. The van der Waals surface area contributed by atoms with E-state index in [1.54, 1.807) is 25.3 Å². The maximum atomic E-state index is 12.2.